The number of carbonyl (C=O) groups excluding carboxylic acids is 1. The van der Waals surface area contributed by atoms with Crippen LogP contribution in [0.25, 0.3) is 0 Å². The summed E-state index contributed by atoms with van der Waals surface area (Å²) in [6.07, 6.45) is 7.74. The molecule has 1 N–H and O–H groups in total. The number of nitrogens with zero attached hydrogens (tertiary/aromatic N) is 4. The maximum absolute atomic E-state index is 12.8. The Morgan fingerprint density at radius 1 is 1.28 bits per heavy atom. The van der Waals surface area contributed by atoms with Crippen LogP contribution in [0.5, 0.6) is 0 Å². The number of nitrogens with one attached hydrogen (secondary N) is 1. The van der Waals surface area contributed by atoms with Gasteiger partial charge in [0.2, 0.25) is 0 Å². The summed E-state index contributed by atoms with van der Waals surface area (Å²) in [5, 5.41) is 5.71. The van der Waals surface area contributed by atoms with E-state index < -0.39 is 0 Å². The molecule has 5 rings (SSSR count). The topological polar surface area (TPSA) is 72.3 Å². The molecule has 2 saturated heterocycles. The molecule has 2 fully saturated rings. The lowest BCUT2D eigenvalue weighted by Crippen LogP contribution is -2.48. The number of likely N-dealkylation sites (tertiary alicyclic amines) is 1. The summed E-state index contributed by atoms with van der Waals surface area (Å²) >= 11 is 1.49. The van der Waals surface area contributed by atoms with Crippen molar-refractivity contribution >= 4 is 22.4 Å². The highest BCUT2D eigenvalue weighted by atomic mass is 32.1. The normalized spacial score (nSPS) is 19.9. The van der Waals surface area contributed by atoms with Gasteiger partial charge in [-0.1, -0.05) is 0 Å². The Morgan fingerprint density at radius 3 is 2.93 bits per heavy atom. The largest absolute Gasteiger partial charge is 0.378 e. The summed E-state index contributed by atoms with van der Waals surface area (Å²) < 4.78 is 7.30. The summed E-state index contributed by atoms with van der Waals surface area (Å²) in [7, 11) is 0. The Kier molecular flexibility index (Phi) is 5.13. The van der Waals surface area contributed by atoms with Gasteiger partial charge in [-0.15, -0.1) is 11.3 Å². The second kappa shape index (κ2) is 8.06. The molecular formula is C21H23N5O2S. The molecular weight excluding hydrogens is 386 g/mol. The highest BCUT2D eigenvalue weighted by molar-refractivity contribution is 7.14. The van der Waals surface area contributed by atoms with Crippen molar-refractivity contribution in [3.8, 4) is 0 Å². The van der Waals surface area contributed by atoms with E-state index in [2.05, 4.69) is 20.6 Å². The summed E-state index contributed by atoms with van der Waals surface area (Å²) in [5.74, 6) is -0.138. The first-order chi connectivity index (χ1) is 14.3. The zero-order valence-corrected chi connectivity index (χ0v) is 16.8. The van der Waals surface area contributed by atoms with Gasteiger partial charge in [-0.05, 0) is 49.2 Å². The smallest absolute Gasteiger partial charge is 0.274 e. The van der Waals surface area contributed by atoms with Gasteiger partial charge in [0.15, 0.2) is 5.13 Å². The summed E-state index contributed by atoms with van der Waals surface area (Å²) in [6.45, 7) is 3.36. The Balaban J connectivity index is 1.27. The second-order valence-corrected chi connectivity index (χ2v) is 8.35. The van der Waals surface area contributed by atoms with Crippen molar-refractivity contribution in [3.63, 3.8) is 0 Å². The minimum Gasteiger partial charge on any atom is -0.378 e. The number of hydrogen-bond donors (Lipinski definition) is 1. The molecule has 1 atom stereocenters. The molecule has 0 radical (unpaired) electrons. The van der Waals surface area contributed by atoms with Gasteiger partial charge in [0, 0.05) is 30.5 Å². The van der Waals surface area contributed by atoms with Crippen LogP contribution in [-0.4, -0.2) is 51.1 Å². The third-order valence-electron chi connectivity index (χ3n) is 5.63. The van der Waals surface area contributed by atoms with E-state index >= 15 is 0 Å². The summed E-state index contributed by atoms with van der Waals surface area (Å²) in [5.41, 5.74) is 2.78. The van der Waals surface area contributed by atoms with E-state index in [4.69, 9.17) is 9.72 Å². The lowest BCUT2D eigenvalue weighted by atomic mass is 10.1. The SMILES string of the molecule is O=C(Nc1nc([C@H]2CCCN2C2COC2)cs1)c1cccn1Cc1ccncc1. The van der Waals surface area contributed by atoms with Gasteiger partial charge in [-0.3, -0.25) is 20.0 Å². The molecule has 0 aromatic carbocycles. The van der Waals surface area contributed by atoms with Gasteiger partial charge < -0.3 is 9.30 Å². The molecule has 2 aliphatic heterocycles. The molecule has 150 valence electrons. The molecule has 0 saturated carbocycles. The van der Waals surface area contributed by atoms with Gasteiger partial charge in [-0.25, -0.2) is 4.98 Å². The molecule has 8 heteroatoms. The lowest BCUT2D eigenvalue weighted by molar-refractivity contribution is -0.0700. The van der Waals surface area contributed by atoms with Crippen molar-refractivity contribution in [2.75, 3.05) is 25.1 Å². The van der Waals surface area contributed by atoms with Gasteiger partial charge in [0.05, 0.1) is 31.0 Å². The Morgan fingerprint density at radius 2 is 2.14 bits per heavy atom. The van der Waals surface area contributed by atoms with Crippen LogP contribution in [0.4, 0.5) is 5.13 Å². The van der Waals surface area contributed by atoms with Crippen LogP contribution in [0.3, 0.4) is 0 Å². The van der Waals surface area contributed by atoms with E-state index in [-0.39, 0.29) is 5.91 Å². The molecule has 0 aliphatic carbocycles. The van der Waals surface area contributed by atoms with E-state index in [1.54, 1.807) is 12.4 Å². The monoisotopic (exact) mass is 409 g/mol. The van der Waals surface area contributed by atoms with Crippen molar-refractivity contribution in [2.24, 2.45) is 0 Å². The quantitative estimate of drug-likeness (QED) is 0.677. The minimum atomic E-state index is -0.138. The summed E-state index contributed by atoms with van der Waals surface area (Å²) in [6, 6.07) is 8.48. The highest BCUT2D eigenvalue weighted by Gasteiger charge is 2.36. The lowest BCUT2D eigenvalue weighted by Gasteiger charge is -2.37. The molecule has 0 bridgehead atoms. The number of rotatable bonds is 6. The Bertz CT molecular complexity index is 982. The van der Waals surface area contributed by atoms with Crippen LogP contribution in [0, 0.1) is 0 Å². The number of amides is 1. The van der Waals surface area contributed by atoms with Crippen molar-refractivity contribution in [1.82, 2.24) is 19.4 Å². The molecule has 3 aromatic heterocycles. The van der Waals surface area contributed by atoms with E-state index in [0.717, 1.165) is 37.4 Å². The zero-order valence-electron chi connectivity index (χ0n) is 16.0. The maximum Gasteiger partial charge on any atom is 0.274 e. The minimum absolute atomic E-state index is 0.138. The van der Waals surface area contributed by atoms with Crippen molar-refractivity contribution in [3.05, 3.63) is 65.2 Å². The van der Waals surface area contributed by atoms with E-state index in [0.29, 0.717) is 29.5 Å². The number of carbonyl (C=O) groups is 1. The third-order valence-corrected chi connectivity index (χ3v) is 6.41. The van der Waals surface area contributed by atoms with Crippen LogP contribution in [0.15, 0.2) is 48.2 Å². The van der Waals surface area contributed by atoms with Crippen molar-refractivity contribution < 1.29 is 9.53 Å². The van der Waals surface area contributed by atoms with Gasteiger partial charge >= 0.3 is 0 Å². The van der Waals surface area contributed by atoms with Gasteiger partial charge in [0.1, 0.15) is 5.69 Å². The van der Waals surface area contributed by atoms with Crippen LogP contribution in [0.2, 0.25) is 0 Å². The Hall–Kier alpha value is -2.55. The average Bonchev–Trinajstić information content (AvgIpc) is 3.42. The highest BCUT2D eigenvalue weighted by Crippen LogP contribution is 2.36. The fourth-order valence-corrected chi connectivity index (χ4v) is 4.81. The zero-order chi connectivity index (χ0) is 19.6. The van der Waals surface area contributed by atoms with E-state index in [1.807, 2.05) is 35.0 Å². The van der Waals surface area contributed by atoms with E-state index in [1.165, 1.54) is 17.8 Å². The van der Waals surface area contributed by atoms with Crippen LogP contribution in [-0.2, 0) is 11.3 Å². The van der Waals surface area contributed by atoms with Gasteiger partial charge in [0.25, 0.3) is 5.91 Å². The number of anilines is 1. The first kappa shape index (κ1) is 18.5. The predicted octanol–water partition coefficient (Wildman–Crippen LogP) is 3.18. The number of aromatic nitrogens is 3. The molecule has 3 aromatic rings. The molecule has 2 aliphatic rings. The molecule has 0 unspecified atom stereocenters. The average molecular weight is 410 g/mol. The van der Waals surface area contributed by atoms with Crippen LogP contribution >= 0.6 is 11.3 Å². The molecule has 0 spiro atoms. The fourth-order valence-electron chi connectivity index (χ4n) is 4.06. The Labute approximate surface area is 173 Å². The van der Waals surface area contributed by atoms with Gasteiger partial charge in [-0.2, -0.15) is 0 Å². The molecule has 7 nitrogen and oxygen atoms in total. The van der Waals surface area contributed by atoms with E-state index in [9.17, 15) is 4.79 Å². The maximum atomic E-state index is 12.8. The number of ether oxygens (including phenoxy) is 1. The first-order valence-electron chi connectivity index (χ1n) is 9.92. The number of thiazole rings is 1. The molecule has 29 heavy (non-hydrogen) atoms. The number of pyridine rings is 1. The third kappa shape index (κ3) is 3.83. The first-order valence-corrected chi connectivity index (χ1v) is 10.8. The van der Waals surface area contributed by atoms with Crippen molar-refractivity contribution in [1.29, 1.82) is 0 Å². The fraction of sp³-hybridized carbons (Fsp3) is 0.381. The molecule has 5 heterocycles. The van der Waals surface area contributed by atoms with Crippen LogP contribution in [0.1, 0.15) is 40.6 Å². The van der Waals surface area contributed by atoms with Crippen LogP contribution < -0.4 is 5.32 Å². The summed E-state index contributed by atoms with van der Waals surface area (Å²) in [4.78, 5) is 24.1. The molecule has 1 amide bonds. The standard InChI is InChI=1S/C21H23N5O2S/c27-20(19-4-1-9-25(19)11-15-5-7-22-8-6-15)24-21-23-17(14-29-21)18-3-2-10-26(18)16-12-28-13-16/h1,4-9,14,16,18H,2-3,10-13H2,(H,23,24,27)/t18-/m1/s1. The predicted molar refractivity (Wildman–Crippen MR) is 111 cm³/mol. The van der Waals surface area contributed by atoms with Crippen molar-refractivity contribution in [2.45, 2.75) is 31.5 Å². The second-order valence-electron chi connectivity index (χ2n) is 7.50. The number of hydrogen-bond acceptors (Lipinski definition) is 6.